The number of methoxy groups -OCH3 is 1. The first-order valence-corrected chi connectivity index (χ1v) is 8.51. The summed E-state index contributed by atoms with van der Waals surface area (Å²) in [6.07, 6.45) is 5.32. The molecule has 7 nitrogen and oxygen atoms in total. The van der Waals surface area contributed by atoms with Gasteiger partial charge in [-0.3, -0.25) is 10.1 Å². The highest BCUT2D eigenvalue weighted by Crippen LogP contribution is 2.41. The first-order chi connectivity index (χ1) is 12.1. The molecular weight excluding hydrogens is 342 g/mol. The molecule has 1 aliphatic rings. The minimum Gasteiger partial charge on any atom is -0.504 e. The van der Waals surface area contributed by atoms with E-state index in [0.717, 1.165) is 31.2 Å². The fraction of sp³-hybridized carbons (Fsp3) is 0.294. The van der Waals surface area contributed by atoms with Crippen molar-refractivity contribution >= 4 is 28.2 Å². The summed E-state index contributed by atoms with van der Waals surface area (Å²) < 4.78 is 4.94. The van der Waals surface area contributed by atoms with Gasteiger partial charge in [-0.15, -0.1) is 11.3 Å². The number of thiophene rings is 1. The Bertz CT molecular complexity index is 912. The summed E-state index contributed by atoms with van der Waals surface area (Å²) in [5, 5.41) is 31.1. The fourth-order valence-corrected chi connectivity index (χ4v) is 4.14. The lowest BCUT2D eigenvalue weighted by molar-refractivity contribution is -0.385. The third kappa shape index (κ3) is 3.06. The van der Waals surface area contributed by atoms with Crippen molar-refractivity contribution in [3.8, 4) is 17.6 Å². The first-order valence-electron chi connectivity index (χ1n) is 7.69. The molecule has 2 aromatic rings. The van der Waals surface area contributed by atoms with Crippen molar-refractivity contribution in [2.75, 3.05) is 7.11 Å². The number of rotatable bonds is 4. The van der Waals surface area contributed by atoms with Gasteiger partial charge in [0.05, 0.1) is 23.2 Å². The van der Waals surface area contributed by atoms with E-state index in [2.05, 4.69) is 11.1 Å². The molecule has 1 aliphatic carbocycles. The smallest absolute Gasteiger partial charge is 0.323 e. The van der Waals surface area contributed by atoms with Crippen LogP contribution in [0.25, 0.3) is 0 Å². The number of aromatic hydroxyl groups is 1. The summed E-state index contributed by atoms with van der Waals surface area (Å²) >= 11 is 1.46. The zero-order valence-corrected chi connectivity index (χ0v) is 14.3. The number of phenols is 1. The molecule has 0 saturated carbocycles. The molecule has 1 heterocycles. The minimum atomic E-state index is -0.620. The SMILES string of the molecule is COc1c(O)ccc(C=Nc2sc3c(c2C#N)CCCC3)c1[N+](=O)[O-]. The van der Waals surface area contributed by atoms with Crippen molar-refractivity contribution in [3.63, 3.8) is 0 Å². The Balaban J connectivity index is 2.05. The van der Waals surface area contributed by atoms with Gasteiger partial charge >= 0.3 is 5.69 Å². The number of nitriles is 1. The van der Waals surface area contributed by atoms with Crippen LogP contribution in [-0.4, -0.2) is 23.4 Å². The summed E-state index contributed by atoms with van der Waals surface area (Å²) in [6, 6.07) is 4.93. The predicted molar refractivity (Wildman–Crippen MR) is 94.2 cm³/mol. The van der Waals surface area contributed by atoms with Crippen LogP contribution in [0.15, 0.2) is 17.1 Å². The van der Waals surface area contributed by atoms with E-state index in [1.807, 2.05) is 0 Å². The number of nitrogens with zero attached hydrogens (tertiary/aromatic N) is 3. The van der Waals surface area contributed by atoms with Crippen LogP contribution < -0.4 is 4.74 Å². The van der Waals surface area contributed by atoms with Crippen LogP contribution in [0, 0.1) is 21.4 Å². The van der Waals surface area contributed by atoms with E-state index in [1.54, 1.807) is 0 Å². The van der Waals surface area contributed by atoms with Crippen LogP contribution in [0.5, 0.6) is 11.5 Å². The maximum Gasteiger partial charge on any atom is 0.323 e. The number of hydrogen-bond donors (Lipinski definition) is 1. The molecule has 1 N–H and O–H groups in total. The molecule has 1 aromatic carbocycles. The number of benzene rings is 1. The standard InChI is InChI=1S/C17H15N3O4S/c1-24-16-13(21)7-6-10(15(16)20(22)23)9-19-17-12(8-18)11-4-2-3-5-14(11)25-17/h6-7,9,21H,2-5H2,1H3. The van der Waals surface area contributed by atoms with Gasteiger partial charge in [-0.2, -0.15) is 5.26 Å². The van der Waals surface area contributed by atoms with E-state index in [0.29, 0.717) is 10.6 Å². The maximum absolute atomic E-state index is 11.4. The van der Waals surface area contributed by atoms with Gasteiger partial charge in [-0.1, -0.05) is 0 Å². The Kier molecular flexibility index (Phi) is 4.67. The monoisotopic (exact) mass is 357 g/mol. The summed E-state index contributed by atoms with van der Waals surface area (Å²) in [7, 11) is 1.25. The summed E-state index contributed by atoms with van der Waals surface area (Å²) in [6.45, 7) is 0. The number of aryl methyl sites for hydroxylation is 1. The molecule has 0 radical (unpaired) electrons. The zero-order chi connectivity index (χ0) is 18.0. The molecule has 0 saturated heterocycles. The van der Waals surface area contributed by atoms with Crippen LogP contribution in [-0.2, 0) is 12.8 Å². The number of ether oxygens (including phenoxy) is 1. The molecule has 0 atom stereocenters. The van der Waals surface area contributed by atoms with Crippen molar-refractivity contribution in [1.82, 2.24) is 0 Å². The van der Waals surface area contributed by atoms with Gasteiger partial charge in [0, 0.05) is 11.1 Å². The second-order valence-electron chi connectivity index (χ2n) is 5.57. The van der Waals surface area contributed by atoms with Gasteiger partial charge in [-0.25, -0.2) is 4.99 Å². The third-order valence-electron chi connectivity index (χ3n) is 4.11. The number of phenolic OH excluding ortho intramolecular Hbond substituents is 1. The van der Waals surface area contributed by atoms with Crippen molar-refractivity contribution < 1.29 is 14.8 Å². The Morgan fingerprint density at radius 1 is 1.44 bits per heavy atom. The number of nitro groups is 1. The quantitative estimate of drug-likeness (QED) is 0.507. The van der Waals surface area contributed by atoms with Gasteiger partial charge in [-0.05, 0) is 43.4 Å². The number of nitro benzene ring substituents is 1. The average Bonchev–Trinajstić information content (AvgIpc) is 2.97. The van der Waals surface area contributed by atoms with E-state index in [4.69, 9.17) is 4.74 Å². The number of aliphatic imine (C=N–C) groups is 1. The number of fused-ring (bicyclic) bond motifs is 1. The Hall–Kier alpha value is -2.92. The largest absolute Gasteiger partial charge is 0.504 e. The molecule has 0 unspecified atom stereocenters. The second-order valence-corrected chi connectivity index (χ2v) is 6.66. The molecule has 0 spiro atoms. The van der Waals surface area contributed by atoms with Gasteiger partial charge < -0.3 is 9.84 Å². The van der Waals surface area contributed by atoms with Gasteiger partial charge in [0.25, 0.3) is 0 Å². The van der Waals surface area contributed by atoms with Crippen molar-refractivity contribution in [1.29, 1.82) is 5.26 Å². The van der Waals surface area contributed by atoms with E-state index in [-0.39, 0.29) is 22.7 Å². The predicted octanol–water partition coefficient (Wildman–Crippen LogP) is 3.87. The van der Waals surface area contributed by atoms with Crippen LogP contribution >= 0.6 is 11.3 Å². The number of hydrogen-bond acceptors (Lipinski definition) is 7. The highest BCUT2D eigenvalue weighted by atomic mass is 32.1. The molecule has 0 fully saturated rings. The first kappa shape index (κ1) is 16.9. The van der Waals surface area contributed by atoms with Gasteiger partial charge in [0.1, 0.15) is 11.1 Å². The van der Waals surface area contributed by atoms with Crippen molar-refractivity contribution in [2.45, 2.75) is 25.7 Å². The van der Waals surface area contributed by atoms with E-state index in [1.165, 1.54) is 41.7 Å². The fourth-order valence-electron chi connectivity index (χ4n) is 2.96. The summed E-state index contributed by atoms with van der Waals surface area (Å²) in [5.41, 5.74) is 1.47. The minimum absolute atomic E-state index is 0.204. The molecule has 8 heteroatoms. The third-order valence-corrected chi connectivity index (χ3v) is 5.31. The lowest BCUT2D eigenvalue weighted by Crippen LogP contribution is -1.99. The second kappa shape index (κ2) is 6.91. The van der Waals surface area contributed by atoms with E-state index >= 15 is 0 Å². The van der Waals surface area contributed by atoms with Crippen LogP contribution in [0.1, 0.15) is 34.4 Å². The molecule has 0 aliphatic heterocycles. The highest BCUT2D eigenvalue weighted by molar-refractivity contribution is 7.16. The highest BCUT2D eigenvalue weighted by Gasteiger charge is 2.24. The maximum atomic E-state index is 11.4. The van der Waals surface area contributed by atoms with E-state index < -0.39 is 4.92 Å². The topological polar surface area (TPSA) is 109 Å². The van der Waals surface area contributed by atoms with Crippen LogP contribution in [0.3, 0.4) is 0 Å². The van der Waals surface area contributed by atoms with Gasteiger partial charge in [0.2, 0.25) is 5.75 Å². The van der Waals surface area contributed by atoms with E-state index in [9.17, 15) is 20.5 Å². The molecule has 0 bridgehead atoms. The average molecular weight is 357 g/mol. The van der Waals surface area contributed by atoms with Crippen molar-refractivity contribution in [2.24, 2.45) is 4.99 Å². The summed E-state index contributed by atoms with van der Waals surface area (Å²) in [4.78, 5) is 16.2. The zero-order valence-electron chi connectivity index (χ0n) is 13.5. The Morgan fingerprint density at radius 3 is 2.88 bits per heavy atom. The Labute approximate surface area is 148 Å². The molecule has 1 aromatic heterocycles. The molecule has 0 amide bonds. The molecule has 3 rings (SSSR count). The van der Waals surface area contributed by atoms with Crippen LogP contribution in [0.2, 0.25) is 0 Å². The molecular formula is C17H15N3O4S. The Morgan fingerprint density at radius 2 is 2.20 bits per heavy atom. The lowest BCUT2D eigenvalue weighted by Gasteiger charge is -2.09. The van der Waals surface area contributed by atoms with Gasteiger partial charge in [0.15, 0.2) is 5.75 Å². The van der Waals surface area contributed by atoms with Crippen LogP contribution in [0.4, 0.5) is 10.7 Å². The normalized spacial score (nSPS) is 13.4. The summed E-state index contributed by atoms with van der Waals surface area (Å²) in [5.74, 6) is -0.518. The molecule has 128 valence electrons. The molecule has 25 heavy (non-hydrogen) atoms. The lowest BCUT2D eigenvalue weighted by atomic mass is 9.96. The van der Waals surface area contributed by atoms with Crippen molar-refractivity contribution in [3.05, 3.63) is 43.8 Å².